The van der Waals surface area contributed by atoms with Crippen molar-refractivity contribution in [2.24, 2.45) is 7.05 Å². The van der Waals surface area contributed by atoms with Crippen LogP contribution in [-0.2, 0) is 18.4 Å². The summed E-state index contributed by atoms with van der Waals surface area (Å²) in [6.45, 7) is 1.95. The van der Waals surface area contributed by atoms with Gasteiger partial charge in [0.15, 0.2) is 0 Å². The van der Waals surface area contributed by atoms with E-state index in [1.807, 2.05) is 6.92 Å². The first-order valence-corrected chi connectivity index (χ1v) is 5.88. The summed E-state index contributed by atoms with van der Waals surface area (Å²) in [6, 6.07) is 5.28. The largest absolute Gasteiger partial charge is 0.457 e. The number of aryl methyl sites for hydroxylation is 2. The third kappa shape index (κ3) is 3.00. The molecular formula is C13H13N3O4. The predicted molar refractivity (Wildman–Crippen MR) is 70.2 cm³/mol. The van der Waals surface area contributed by atoms with E-state index in [0.717, 1.165) is 11.3 Å². The van der Waals surface area contributed by atoms with Crippen LogP contribution in [0.25, 0.3) is 0 Å². The second-order valence-corrected chi connectivity index (χ2v) is 4.29. The zero-order valence-corrected chi connectivity index (χ0v) is 11.1. The minimum Gasteiger partial charge on any atom is -0.457 e. The number of non-ortho nitro benzene ring substituents is 1. The number of hydrogen-bond acceptors (Lipinski definition) is 5. The SMILES string of the molecule is Cc1nn(C)cc1COC(=O)c1ccc([N+](=O)[O-])cc1. The molecule has 2 aromatic rings. The van der Waals surface area contributed by atoms with Gasteiger partial charge in [-0.2, -0.15) is 5.10 Å². The number of esters is 1. The van der Waals surface area contributed by atoms with E-state index >= 15 is 0 Å². The fourth-order valence-electron chi connectivity index (χ4n) is 1.74. The number of aromatic nitrogens is 2. The molecule has 7 heteroatoms. The van der Waals surface area contributed by atoms with E-state index in [1.165, 1.54) is 24.3 Å². The maximum Gasteiger partial charge on any atom is 0.338 e. The van der Waals surface area contributed by atoms with Crippen LogP contribution in [0, 0.1) is 17.0 Å². The Balaban J connectivity index is 2.01. The summed E-state index contributed by atoms with van der Waals surface area (Å²) < 4.78 is 6.79. The quantitative estimate of drug-likeness (QED) is 0.483. The van der Waals surface area contributed by atoms with Gasteiger partial charge in [-0.25, -0.2) is 4.79 Å². The van der Waals surface area contributed by atoms with Gasteiger partial charge in [-0.3, -0.25) is 14.8 Å². The van der Waals surface area contributed by atoms with Crippen molar-refractivity contribution >= 4 is 11.7 Å². The van der Waals surface area contributed by atoms with Gasteiger partial charge in [-0.1, -0.05) is 0 Å². The van der Waals surface area contributed by atoms with Crippen molar-refractivity contribution in [1.29, 1.82) is 0 Å². The Morgan fingerprint density at radius 1 is 1.40 bits per heavy atom. The number of carbonyl (C=O) groups excluding carboxylic acids is 1. The van der Waals surface area contributed by atoms with E-state index in [-0.39, 0.29) is 17.9 Å². The molecule has 1 aromatic heterocycles. The van der Waals surface area contributed by atoms with Crippen molar-refractivity contribution in [3.05, 3.63) is 57.4 Å². The van der Waals surface area contributed by atoms with Crippen LogP contribution in [0.1, 0.15) is 21.6 Å². The van der Waals surface area contributed by atoms with Crippen LogP contribution in [0.15, 0.2) is 30.5 Å². The first kappa shape index (κ1) is 13.7. The third-order valence-corrected chi connectivity index (χ3v) is 2.79. The van der Waals surface area contributed by atoms with Crippen molar-refractivity contribution < 1.29 is 14.5 Å². The topological polar surface area (TPSA) is 87.3 Å². The summed E-state index contributed by atoms with van der Waals surface area (Å²) in [7, 11) is 1.79. The highest BCUT2D eigenvalue weighted by Crippen LogP contribution is 2.14. The Hall–Kier alpha value is -2.70. The van der Waals surface area contributed by atoms with Crippen molar-refractivity contribution in [3.63, 3.8) is 0 Å². The summed E-state index contributed by atoms with van der Waals surface area (Å²) in [4.78, 5) is 21.8. The van der Waals surface area contributed by atoms with Crippen LogP contribution in [0.3, 0.4) is 0 Å². The number of nitro groups is 1. The molecular weight excluding hydrogens is 262 g/mol. The Labute approximate surface area is 114 Å². The van der Waals surface area contributed by atoms with E-state index in [9.17, 15) is 14.9 Å². The molecule has 0 saturated carbocycles. The minimum absolute atomic E-state index is 0.0651. The van der Waals surface area contributed by atoms with Crippen LogP contribution in [-0.4, -0.2) is 20.7 Å². The molecule has 0 atom stereocenters. The second-order valence-electron chi connectivity index (χ2n) is 4.29. The van der Waals surface area contributed by atoms with Gasteiger partial charge in [0.25, 0.3) is 5.69 Å². The van der Waals surface area contributed by atoms with Gasteiger partial charge in [0, 0.05) is 30.9 Å². The lowest BCUT2D eigenvalue weighted by molar-refractivity contribution is -0.384. The minimum atomic E-state index is -0.525. The zero-order chi connectivity index (χ0) is 14.7. The molecule has 2 rings (SSSR count). The highest BCUT2D eigenvalue weighted by molar-refractivity contribution is 5.89. The zero-order valence-electron chi connectivity index (χ0n) is 11.1. The molecule has 0 spiro atoms. The lowest BCUT2D eigenvalue weighted by Crippen LogP contribution is -2.05. The summed E-state index contributed by atoms with van der Waals surface area (Å²) in [5.74, 6) is -0.525. The molecule has 7 nitrogen and oxygen atoms in total. The Bertz CT molecular complexity index is 646. The summed E-state index contributed by atoms with van der Waals surface area (Å²) in [5.41, 5.74) is 1.83. The fourth-order valence-corrected chi connectivity index (χ4v) is 1.74. The van der Waals surface area contributed by atoms with Crippen molar-refractivity contribution in [3.8, 4) is 0 Å². The number of rotatable bonds is 4. The molecule has 0 aliphatic carbocycles. The number of hydrogen-bond donors (Lipinski definition) is 0. The van der Waals surface area contributed by atoms with Crippen molar-refractivity contribution in [1.82, 2.24) is 9.78 Å². The molecule has 0 bridgehead atoms. The van der Waals surface area contributed by atoms with Gasteiger partial charge in [-0.05, 0) is 19.1 Å². The van der Waals surface area contributed by atoms with E-state index < -0.39 is 10.9 Å². The molecule has 0 unspecified atom stereocenters. The summed E-state index contributed by atoms with van der Waals surface area (Å²) in [5, 5.41) is 14.7. The number of benzene rings is 1. The van der Waals surface area contributed by atoms with Crippen molar-refractivity contribution in [2.75, 3.05) is 0 Å². The fraction of sp³-hybridized carbons (Fsp3) is 0.231. The summed E-state index contributed by atoms with van der Waals surface area (Å²) in [6.07, 6.45) is 1.78. The number of carbonyl (C=O) groups is 1. The van der Waals surface area contributed by atoms with Crippen molar-refractivity contribution in [2.45, 2.75) is 13.5 Å². The van der Waals surface area contributed by atoms with Gasteiger partial charge in [0.2, 0.25) is 0 Å². The average Bonchev–Trinajstić information content (AvgIpc) is 2.74. The monoisotopic (exact) mass is 275 g/mol. The molecule has 0 aliphatic heterocycles. The second kappa shape index (κ2) is 5.52. The lowest BCUT2D eigenvalue weighted by atomic mass is 10.2. The van der Waals surface area contributed by atoms with Gasteiger partial charge in [0.05, 0.1) is 16.2 Å². The molecule has 0 amide bonds. The average molecular weight is 275 g/mol. The molecule has 1 aromatic carbocycles. The van der Waals surface area contributed by atoms with E-state index in [4.69, 9.17) is 4.74 Å². The molecule has 20 heavy (non-hydrogen) atoms. The molecule has 0 radical (unpaired) electrons. The molecule has 0 aliphatic rings. The first-order chi connectivity index (χ1) is 9.47. The first-order valence-electron chi connectivity index (χ1n) is 5.88. The van der Waals surface area contributed by atoms with Crippen LogP contribution in [0.4, 0.5) is 5.69 Å². The highest BCUT2D eigenvalue weighted by atomic mass is 16.6. The van der Waals surface area contributed by atoms with Crippen LogP contribution < -0.4 is 0 Å². The van der Waals surface area contributed by atoms with E-state index in [1.54, 1.807) is 17.9 Å². The molecule has 104 valence electrons. The Kier molecular flexibility index (Phi) is 3.79. The number of ether oxygens (including phenoxy) is 1. The normalized spacial score (nSPS) is 10.3. The van der Waals surface area contributed by atoms with E-state index in [0.29, 0.717) is 0 Å². The van der Waals surface area contributed by atoms with Crippen LogP contribution in [0.5, 0.6) is 0 Å². The Morgan fingerprint density at radius 2 is 2.05 bits per heavy atom. The highest BCUT2D eigenvalue weighted by Gasteiger charge is 2.12. The molecule has 0 N–H and O–H groups in total. The lowest BCUT2D eigenvalue weighted by Gasteiger charge is -2.03. The predicted octanol–water partition coefficient (Wildman–Crippen LogP) is 1.99. The third-order valence-electron chi connectivity index (χ3n) is 2.79. The summed E-state index contributed by atoms with van der Waals surface area (Å²) >= 11 is 0. The maximum absolute atomic E-state index is 11.8. The number of nitro benzene ring substituents is 1. The standard InChI is InChI=1S/C13H13N3O4/c1-9-11(7-15(2)14-9)8-20-13(17)10-3-5-12(6-4-10)16(18)19/h3-7H,8H2,1-2H3. The van der Waals surface area contributed by atoms with Gasteiger partial charge < -0.3 is 4.74 Å². The number of nitrogens with zero attached hydrogens (tertiary/aromatic N) is 3. The smallest absolute Gasteiger partial charge is 0.338 e. The van der Waals surface area contributed by atoms with Gasteiger partial charge in [0.1, 0.15) is 6.61 Å². The molecule has 0 fully saturated rings. The van der Waals surface area contributed by atoms with E-state index in [2.05, 4.69) is 5.10 Å². The Morgan fingerprint density at radius 3 is 2.55 bits per heavy atom. The van der Waals surface area contributed by atoms with Crippen LogP contribution >= 0.6 is 0 Å². The molecule has 1 heterocycles. The maximum atomic E-state index is 11.8. The van der Waals surface area contributed by atoms with Gasteiger partial charge in [-0.15, -0.1) is 0 Å². The molecule has 0 saturated heterocycles. The van der Waals surface area contributed by atoms with Crippen LogP contribution in [0.2, 0.25) is 0 Å². The van der Waals surface area contributed by atoms with Gasteiger partial charge >= 0.3 is 5.97 Å².